The van der Waals surface area contributed by atoms with Gasteiger partial charge in [0, 0.05) is 0 Å². The van der Waals surface area contributed by atoms with Gasteiger partial charge in [0.1, 0.15) is 0 Å². The van der Waals surface area contributed by atoms with Gasteiger partial charge in [-0.3, -0.25) is 0 Å². The van der Waals surface area contributed by atoms with E-state index in [9.17, 15) is 18.3 Å². The van der Waals surface area contributed by atoms with Crippen LogP contribution in [0.15, 0.2) is 30.4 Å². The maximum atomic E-state index is 13.0. The molecule has 25 heavy (non-hydrogen) atoms. The smallest absolute Gasteiger partial charge is 0.390 e. The van der Waals surface area contributed by atoms with Gasteiger partial charge in [-0.1, -0.05) is 38.5 Å². The van der Waals surface area contributed by atoms with Crippen molar-refractivity contribution in [2.45, 2.75) is 78.0 Å². The van der Waals surface area contributed by atoms with E-state index in [4.69, 9.17) is 0 Å². The highest BCUT2D eigenvalue weighted by Crippen LogP contribution is 2.32. The standard InChI is InChI=1S/C21H31F3O/c1-6-8-18(20(4,5)25)11-9-15(3)13-17-14-19(21(22,23)24)12-10-16(17)7-2/h10,12,14,18,25H,3,6-9,11,13H2,1-2,4-5H3. The van der Waals surface area contributed by atoms with Crippen molar-refractivity contribution in [3.8, 4) is 0 Å². The van der Waals surface area contributed by atoms with Gasteiger partial charge >= 0.3 is 6.18 Å². The fourth-order valence-electron chi connectivity index (χ4n) is 3.25. The molecule has 0 fully saturated rings. The molecule has 1 rings (SSSR count). The molecular weight excluding hydrogens is 325 g/mol. The van der Waals surface area contributed by atoms with Crippen molar-refractivity contribution >= 4 is 0 Å². The van der Waals surface area contributed by atoms with E-state index >= 15 is 0 Å². The second-order valence-corrected chi connectivity index (χ2v) is 7.44. The summed E-state index contributed by atoms with van der Waals surface area (Å²) < 4.78 is 38.9. The first-order valence-corrected chi connectivity index (χ1v) is 9.07. The average molecular weight is 356 g/mol. The van der Waals surface area contributed by atoms with E-state index in [0.717, 1.165) is 36.5 Å². The Kier molecular flexibility index (Phi) is 7.73. The van der Waals surface area contributed by atoms with Crippen LogP contribution in [0.2, 0.25) is 0 Å². The van der Waals surface area contributed by atoms with Gasteiger partial charge in [-0.05, 0) is 75.1 Å². The monoisotopic (exact) mass is 356 g/mol. The van der Waals surface area contributed by atoms with Crippen LogP contribution in [0.25, 0.3) is 0 Å². The van der Waals surface area contributed by atoms with Crippen LogP contribution < -0.4 is 0 Å². The Hall–Kier alpha value is -1.29. The summed E-state index contributed by atoms with van der Waals surface area (Å²) in [6.07, 6.45) is 0.274. The van der Waals surface area contributed by atoms with Gasteiger partial charge < -0.3 is 5.11 Å². The molecule has 1 aromatic rings. The van der Waals surface area contributed by atoms with Gasteiger partial charge in [0.05, 0.1) is 11.2 Å². The highest BCUT2D eigenvalue weighted by atomic mass is 19.4. The van der Waals surface area contributed by atoms with Crippen LogP contribution in [0, 0.1) is 5.92 Å². The minimum atomic E-state index is -4.32. The third kappa shape index (κ3) is 6.85. The largest absolute Gasteiger partial charge is 0.416 e. The van der Waals surface area contributed by atoms with Crippen molar-refractivity contribution in [3.05, 3.63) is 47.0 Å². The first-order valence-electron chi connectivity index (χ1n) is 9.07. The molecule has 142 valence electrons. The third-order valence-electron chi connectivity index (χ3n) is 4.84. The van der Waals surface area contributed by atoms with Crippen molar-refractivity contribution in [2.75, 3.05) is 0 Å². The Morgan fingerprint density at radius 3 is 2.24 bits per heavy atom. The molecule has 0 bridgehead atoms. The van der Waals surface area contributed by atoms with Gasteiger partial charge in [-0.15, -0.1) is 0 Å². The van der Waals surface area contributed by atoms with E-state index in [0.29, 0.717) is 24.8 Å². The quantitative estimate of drug-likeness (QED) is 0.512. The number of aryl methyl sites for hydroxylation is 1. The van der Waals surface area contributed by atoms with Crippen molar-refractivity contribution in [2.24, 2.45) is 5.92 Å². The van der Waals surface area contributed by atoms with Crippen LogP contribution in [-0.4, -0.2) is 10.7 Å². The van der Waals surface area contributed by atoms with E-state index in [1.54, 1.807) is 6.07 Å². The second kappa shape index (κ2) is 8.88. The molecule has 1 aromatic carbocycles. The summed E-state index contributed by atoms with van der Waals surface area (Å²) in [7, 11) is 0. The van der Waals surface area contributed by atoms with Crippen LogP contribution in [0.5, 0.6) is 0 Å². The molecule has 1 nitrogen and oxygen atoms in total. The first kappa shape index (κ1) is 21.8. The Labute approximate surface area is 150 Å². The summed E-state index contributed by atoms with van der Waals surface area (Å²) in [5.74, 6) is 0.168. The van der Waals surface area contributed by atoms with Crippen molar-refractivity contribution in [3.63, 3.8) is 0 Å². The zero-order valence-electron chi connectivity index (χ0n) is 15.8. The predicted octanol–water partition coefficient (Wildman–Crippen LogP) is 6.33. The summed E-state index contributed by atoms with van der Waals surface area (Å²) in [6, 6.07) is 3.97. The molecule has 1 unspecified atom stereocenters. The number of allylic oxidation sites excluding steroid dienone is 1. The van der Waals surface area contributed by atoms with E-state index in [2.05, 4.69) is 13.5 Å². The van der Waals surface area contributed by atoms with Crippen molar-refractivity contribution in [1.29, 1.82) is 0 Å². The van der Waals surface area contributed by atoms with Crippen molar-refractivity contribution in [1.82, 2.24) is 0 Å². The lowest BCUT2D eigenvalue weighted by molar-refractivity contribution is -0.137. The molecule has 0 radical (unpaired) electrons. The Bertz CT molecular complexity index is 567. The summed E-state index contributed by atoms with van der Waals surface area (Å²) in [4.78, 5) is 0. The van der Waals surface area contributed by atoms with E-state index in [1.165, 1.54) is 6.07 Å². The molecule has 0 spiro atoms. The fourth-order valence-corrected chi connectivity index (χ4v) is 3.25. The minimum Gasteiger partial charge on any atom is -0.390 e. The number of benzene rings is 1. The summed E-state index contributed by atoms with van der Waals surface area (Å²) in [5, 5.41) is 10.3. The lowest BCUT2D eigenvalue weighted by Crippen LogP contribution is -2.30. The SMILES string of the molecule is C=C(CCC(CCC)C(C)(C)O)Cc1cc(C(F)(F)F)ccc1CC. The maximum Gasteiger partial charge on any atom is 0.416 e. The highest BCUT2D eigenvalue weighted by Gasteiger charge is 2.31. The normalized spacial score (nSPS) is 13.8. The molecule has 0 saturated heterocycles. The summed E-state index contributed by atoms with van der Waals surface area (Å²) in [6.45, 7) is 11.7. The predicted molar refractivity (Wildman–Crippen MR) is 97.6 cm³/mol. The average Bonchev–Trinajstić information content (AvgIpc) is 2.49. The molecule has 1 N–H and O–H groups in total. The van der Waals surface area contributed by atoms with Crippen molar-refractivity contribution < 1.29 is 18.3 Å². The zero-order valence-corrected chi connectivity index (χ0v) is 15.8. The van der Waals surface area contributed by atoms with Crippen LogP contribution >= 0.6 is 0 Å². The molecule has 0 heterocycles. The molecule has 0 aliphatic rings. The molecule has 1 atom stereocenters. The highest BCUT2D eigenvalue weighted by molar-refractivity contribution is 5.36. The molecule has 0 saturated carbocycles. The number of hydrogen-bond donors (Lipinski definition) is 1. The summed E-state index contributed by atoms with van der Waals surface area (Å²) in [5.41, 5.74) is 1.20. The molecule has 4 heteroatoms. The molecular formula is C21H31F3O. The third-order valence-corrected chi connectivity index (χ3v) is 4.84. The molecule has 0 aromatic heterocycles. The first-order chi connectivity index (χ1) is 11.5. The van der Waals surface area contributed by atoms with E-state index in [1.807, 2.05) is 20.8 Å². The Morgan fingerprint density at radius 1 is 1.12 bits per heavy atom. The Balaban J connectivity index is 2.82. The zero-order chi connectivity index (χ0) is 19.3. The van der Waals surface area contributed by atoms with Gasteiger partial charge in [-0.2, -0.15) is 13.2 Å². The van der Waals surface area contributed by atoms with Gasteiger partial charge in [0.15, 0.2) is 0 Å². The van der Waals surface area contributed by atoms with E-state index in [-0.39, 0.29) is 5.92 Å². The van der Waals surface area contributed by atoms with Gasteiger partial charge in [-0.25, -0.2) is 0 Å². The van der Waals surface area contributed by atoms with Gasteiger partial charge in [0.25, 0.3) is 0 Å². The summed E-state index contributed by atoms with van der Waals surface area (Å²) >= 11 is 0. The topological polar surface area (TPSA) is 20.2 Å². The molecule has 0 aliphatic heterocycles. The molecule has 0 aliphatic carbocycles. The van der Waals surface area contributed by atoms with Crippen LogP contribution in [0.3, 0.4) is 0 Å². The fraction of sp³-hybridized carbons (Fsp3) is 0.619. The number of aliphatic hydroxyl groups is 1. The maximum absolute atomic E-state index is 13.0. The minimum absolute atomic E-state index is 0.168. The lowest BCUT2D eigenvalue weighted by Gasteiger charge is -2.29. The number of halogens is 3. The molecule has 0 amide bonds. The lowest BCUT2D eigenvalue weighted by atomic mass is 9.82. The number of rotatable bonds is 9. The van der Waals surface area contributed by atoms with Crippen LogP contribution in [0.1, 0.15) is 70.1 Å². The van der Waals surface area contributed by atoms with Crippen LogP contribution in [0.4, 0.5) is 13.2 Å². The van der Waals surface area contributed by atoms with Crippen LogP contribution in [-0.2, 0) is 19.0 Å². The van der Waals surface area contributed by atoms with E-state index < -0.39 is 17.3 Å². The van der Waals surface area contributed by atoms with Gasteiger partial charge in [0.2, 0.25) is 0 Å². The Morgan fingerprint density at radius 2 is 1.76 bits per heavy atom. The second-order valence-electron chi connectivity index (χ2n) is 7.44. The number of hydrogen-bond acceptors (Lipinski definition) is 1. The number of alkyl halides is 3.